The lowest BCUT2D eigenvalue weighted by Gasteiger charge is -2.08. The van der Waals surface area contributed by atoms with Crippen molar-refractivity contribution in [2.75, 3.05) is 5.73 Å². The molecule has 0 spiro atoms. The molecule has 21 heavy (non-hydrogen) atoms. The Morgan fingerprint density at radius 2 is 1.81 bits per heavy atom. The number of H-pyrrole nitrogens is 1. The fourth-order valence-corrected chi connectivity index (χ4v) is 3.78. The van der Waals surface area contributed by atoms with Crippen LogP contribution in [0.4, 0.5) is 5.69 Å². The summed E-state index contributed by atoms with van der Waals surface area (Å²) in [6.45, 7) is 0. The van der Waals surface area contributed by atoms with Crippen molar-refractivity contribution in [3.63, 3.8) is 0 Å². The highest BCUT2D eigenvalue weighted by Gasteiger charge is 2.15. The first-order valence-electron chi connectivity index (χ1n) is 6.12. The largest absolute Gasteiger partial charge is 0.397 e. The van der Waals surface area contributed by atoms with Crippen LogP contribution in [0.5, 0.6) is 0 Å². The maximum atomic E-state index is 11.5. The maximum absolute atomic E-state index is 11.5. The molecule has 0 radical (unpaired) electrons. The number of benzene rings is 2. The number of hydrogen-bond acceptors (Lipinski definition) is 4. The molecule has 7 heteroatoms. The van der Waals surface area contributed by atoms with E-state index in [2.05, 4.69) is 4.98 Å². The van der Waals surface area contributed by atoms with Crippen molar-refractivity contribution in [2.45, 2.75) is 14.8 Å². The monoisotopic (exact) mass is 319 g/mol. The van der Waals surface area contributed by atoms with Crippen LogP contribution in [-0.2, 0) is 10.0 Å². The van der Waals surface area contributed by atoms with Crippen LogP contribution < -0.4 is 10.9 Å². The van der Waals surface area contributed by atoms with E-state index in [-0.39, 0.29) is 10.6 Å². The molecule has 0 saturated carbocycles. The zero-order chi connectivity index (χ0) is 15.0. The summed E-state index contributed by atoms with van der Waals surface area (Å²) in [6.07, 6.45) is 0. The van der Waals surface area contributed by atoms with Gasteiger partial charge < -0.3 is 10.7 Å². The van der Waals surface area contributed by atoms with Gasteiger partial charge in [0.25, 0.3) is 0 Å². The highest BCUT2D eigenvalue weighted by atomic mass is 32.2. The summed E-state index contributed by atoms with van der Waals surface area (Å²) in [6, 6.07) is 14.7. The third kappa shape index (κ3) is 2.76. The average molecular weight is 319 g/mol. The minimum atomic E-state index is -3.82. The van der Waals surface area contributed by atoms with E-state index in [1.54, 1.807) is 12.1 Å². The smallest absolute Gasteiger partial charge is 0.240 e. The molecule has 3 rings (SSSR count). The average Bonchev–Trinajstić information content (AvgIpc) is 2.82. The van der Waals surface area contributed by atoms with E-state index < -0.39 is 10.0 Å². The molecular formula is C14H13N3O2S2. The second-order valence-electron chi connectivity index (χ2n) is 4.54. The molecule has 0 bridgehead atoms. The summed E-state index contributed by atoms with van der Waals surface area (Å²) in [7, 11) is -3.82. The van der Waals surface area contributed by atoms with Gasteiger partial charge in [-0.2, -0.15) is 0 Å². The summed E-state index contributed by atoms with van der Waals surface area (Å²) >= 11 is 1.37. The minimum Gasteiger partial charge on any atom is -0.397 e. The Balaban J connectivity index is 2.02. The van der Waals surface area contributed by atoms with Gasteiger partial charge in [0.15, 0.2) is 0 Å². The Morgan fingerprint density at radius 3 is 2.52 bits per heavy atom. The number of anilines is 1. The molecule has 0 unspecified atom stereocenters. The Labute approximate surface area is 126 Å². The topological polar surface area (TPSA) is 102 Å². The molecule has 5 N–H and O–H groups in total. The number of hydrogen-bond donors (Lipinski definition) is 3. The molecule has 0 saturated heterocycles. The highest BCUT2D eigenvalue weighted by molar-refractivity contribution is 7.99. The molecule has 108 valence electrons. The van der Waals surface area contributed by atoms with E-state index in [9.17, 15) is 8.42 Å². The molecular weight excluding hydrogens is 306 g/mol. The van der Waals surface area contributed by atoms with Crippen LogP contribution in [-0.4, -0.2) is 13.4 Å². The zero-order valence-corrected chi connectivity index (χ0v) is 12.5. The van der Waals surface area contributed by atoms with Crippen LogP contribution in [0.15, 0.2) is 63.3 Å². The number of fused-ring (bicyclic) bond motifs is 1. The van der Waals surface area contributed by atoms with Gasteiger partial charge in [-0.15, -0.1) is 0 Å². The number of rotatable bonds is 3. The molecule has 0 atom stereocenters. The predicted molar refractivity (Wildman–Crippen MR) is 84.6 cm³/mol. The van der Waals surface area contributed by atoms with Gasteiger partial charge >= 0.3 is 0 Å². The quantitative estimate of drug-likeness (QED) is 0.646. The molecule has 5 nitrogen and oxygen atoms in total. The van der Waals surface area contributed by atoms with Gasteiger partial charge in [-0.05, 0) is 24.3 Å². The number of primary sulfonamides is 1. The lowest BCUT2D eigenvalue weighted by atomic mass is 10.3. The molecule has 0 aliphatic heterocycles. The number of nitrogen functional groups attached to an aromatic ring is 1. The maximum Gasteiger partial charge on any atom is 0.240 e. The van der Waals surface area contributed by atoms with E-state index in [1.807, 2.05) is 30.3 Å². The van der Waals surface area contributed by atoms with Crippen molar-refractivity contribution < 1.29 is 8.42 Å². The number of sulfonamides is 1. The molecule has 2 aromatic carbocycles. The van der Waals surface area contributed by atoms with Crippen molar-refractivity contribution in [1.82, 2.24) is 4.98 Å². The Morgan fingerprint density at radius 1 is 1.05 bits per heavy atom. The van der Waals surface area contributed by atoms with E-state index >= 15 is 0 Å². The molecule has 0 aliphatic carbocycles. The van der Waals surface area contributed by atoms with Gasteiger partial charge in [-0.1, -0.05) is 36.0 Å². The predicted octanol–water partition coefficient (Wildman–Crippen LogP) is 2.55. The van der Waals surface area contributed by atoms with Crippen LogP contribution in [0.25, 0.3) is 10.9 Å². The fourth-order valence-electron chi connectivity index (χ4n) is 2.08. The SMILES string of the molecule is Nc1c(Sc2cc3ccccc3[nH]2)cccc1S(N)(=O)=O. The van der Waals surface area contributed by atoms with Crippen LogP contribution in [0.3, 0.4) is 0 Å². The standard InChI is InChI=1S/C14H13N3O2S2/c15-14-11(6-3-7-12(14)21(16,18)19)20-13-8-9-4-1-2-5-10(9)17-13/h1-8,17H,15H2,(H2,16,18,19). The second kappa shape index (κ2) is 5.10. The van der Waals surface area contributed by atoms with Gasteiger partial charge in [0, 0.05) is 15.8 Å². The first kappa shape index (κ1) is 14.0. The Hall–Kier alpha value is -1.96. The first-order chi connectivity index (χ1) is 9.95. The summed E-state index contributed by atoms with van der Waals surface area (Å²) in [4.78, 5) is 3.85. The van der Waals surface area contributed by atoms with E-state index in [0.717, 1.165) is 15.9 Å². The Kier molecular flexibility index (Phi) is 3.40. The second-order valence-corrected chi connectivity index (χ2v) is 7.15. The normalized spacial score (nSPS) is 11.9. The molecule has 0 amide bonds. The summed E-state index contributed by atoms with van der Waals surface area (Å²) in [5.41, 5.74) is 7.10. The van der Waals surface area contributed by atoms with Crippen molar-refractivity contribution in [3.05, 3.63) is 48.5 Å². The molecule has 3 aromatic rings. The van der Waals surface area contributed by atoms with Gasteiger partial charge in [-0.3, -0.25) is 0 Å². The number of aromatic amines is 1. The van der Waals surface area contributed by atoms with E-state index in [4.69, 9.17) is 10.9 Å². The van der Waals surface area contributed by atoms with Crippen molar-refractivity contribution in [1.29, 1.82) is 0 Å². The molecule has 0 aliphatic rings. The third-order valence-corrected chi connectivity index (χ3v) is 5.04. The lowest BCUT2D eigenvalue weighted by Crippen LogP contribution is -2.14. The zero-order valence-electron chi connectivity index (χ0n) is 10.9. The van der Waals surface area contributed by atoms with Crippen LogP contribution in [0.1, 0.15) is 0 Å². The lowest BCUT2D eigenvalue weighted by molar-refractivity contribution is 0.598. The number of para-hydroxylation sites is 2. The number of nitrogens with two attached hydrogens (primary N) is 2. The minimum absolute atomic E-state index is 0.0522. The van der Waals surface area contributed by atoms with Gasteiger partial charge in [0.05, 0.1) is 10.7 Å². The molecule has 1 heterocycles. The van der Waals surface area contributed by atoms with Gasteiger partial charge in [0.1, 0.15) is 4.90 Å². The van der Waals surface area contributed by atoms with Crippen molar-refractivity contribution >= 4 is 38.4 Å². The van der Waals surface area contributed by atoms with Crippen LogP contribution >= 0.6 is 11.8 Å². The van der Waals surface area contributed by atoms with E-state index in [1.165, 1.54) is 17.8 Å². The number of aromatic nitrogens is 1. The third-order valence-electron chi connectivity index (χ3n) is 3.06. The van der Waals surface area contributed by atoms with Crippen molar-refractivity contribution in [3.8, 4) is 0 Å². The summed E-state index contributed by atoms with van der Waals surface area (Å²) in [5, 5.41) is 7.12. The van der Waals surface area contributed by atoms with Crippen LogP contribution in [0, 0.1) is 0 Å². The van der Waals surface area contributed by atoms with Crippen molar-refractivity contribution in [2.24, 2.45) is 5.14 Å². The molecule has 1 aromatic heterocycles. The summed E-state index contributed by atoms with van der Waals surface area (Å²) in [5.74, 6) is 0. The number of nitrogens with one attached hydrogen (secondary N) is 1. The fraction of sp³-hybridized carbons (Fsp3) is 0. The van der Waals surface area contributed by atoms with Gasteiger partial charge in [-0.25, -0.2) is 13.6 Å². The first-order valence-corrected chi connectivity index (χ1v) is 8.48. The highest BCUT2D eigenvalue weighted by Crippen LogP contribution is 2.35. The molecule has 0 fully saturated rings. The Bertz CT molecular complexity index is 884. The van der Waals surface area contributed by atoms with Crippen LogP contribution in [0.2, 0.25) is 0 Å². The van der Waals surface area contributed by atoms with Gasteiger partial charge in [0.2, 0.25) is 10.0 Å². The summed E-state index contributed by atoms with van der Waals surface area (Å²) < 4.78 is 23.0. The van der Waals surface area contributed by atoms with E-state index in [0.29, 0.717) is 4.90 Å².